The summed E-state index contributed by atoms with van der Waals surface area (Å²) in [6.07, 6.45) is 11.2. The lowest BCUT2D eigenvalue weighted by Gasteiger charge is -2.11. The van der Waals surface area contributed by atoms with E-state index in [2.05, 4.69) is 6.08 Å². The molecule has 0 saturated carbocycles. The van der Waals surface area contributed by atoms with Crippen LogP contribution < -0.4 is 4.74 Å². The van der Waals surface area contributed by atoms with Crippen LogP contribution in [0.15, 0.2) is 78.9 Å². The fourth-order valence-corrected chi connectivity index (χ4v) is 4.10. The largest absolute Gasteiger partial charge is 0.423 e. The summed E-state index contributed by atoms with van der Waals surface area (Å²) in [5.41, 5.74) is 3.17. The number of carbonyl (C=O) groups is 1. The molecule has 0 atom stereocenters. The average molecular weight is 497 g/mol. The second-order valence-corrected chi connectivity index (χ2v) is 8.62. The van der Waals surface area contributed by atoms with E-state index in [0.717, 1.165) is 30.4 Å². The number of benzene rings is 3. The number of hydrogen-bond donors (Lipinski definition) is 0. The summed E-state index contributed by atoms with van der Waals surface area (Å²) >= 11 is 12.6. The van der Waals surface area contributed by atoms with Crippen molar-refractivity contribution in [2.45, 2.75) is 39.5 Å². The van der Waals surface area contributed by atoms with Gasteiger partial charge in [-0.3, -0.25) is 0 Å². The molecule has 3 rings (SSSR count). The van der Waals surface area contributed by atoms with Crippen LogP contribution in [-0.4, -0.2) is 5.97 Å². The number of aryl methyl sites for hydroxylation is 2. The monoisotopic (exact) mass is 496 g/mol. The fraction of sp³-hybridized carbons (Fsp3) is 0.207. The Hall–Kier alpha value is -2.88. The van der Waals surface area contributed by atoms with Gasteiger partial charge in [-0.05, 0) is 80.5 Å². The zero-order chi connectivity index (χ0) is 24.5. The van der Waals surface area contributed by atoms with Crippen LogP contribution in [0.25, 0.3) is 11.1 Å². The number of rotatable bonds is 9. The molecule has 0 N–H and O–H groups in total. The Labute approximate surface area is 210 Å². The van der Waals surface area contributed by atoms with Crippen molar-refractivity contribution in [2.75, 3.05) is 0 Å². The number of allylic oxidation sites excluding steroid dienone is 4. The lowest BCUT2D eigenvalue weighted by molar-refractivity contribution is 0.0734. The standard InChI is InChI=1S/C29H27Cl2FO2/c1-3-5-7-9-21-11-12-23(19-26(21)30)29(33)34-24-16-13-20(14-17-24)25-18-15-22(10-8-6-4-2)27(31)28(25)32/h3-6,11-19H,7-10H2,1-2H3/b5-3+,6-4+. The first kappa shape index (κ1) is 25.7. The highest BCUT2D eigenvalue weighted by molar-refractivity contribution is 6.32. The quantitative estimate of drug-likeness (QED) is 0.167. The third kappa shape index (κ3) is 6.59. The SMILES string of the molecule is C/C=C/CCc1ccc(C(=O)Oc2ccc(-c3ccc(CC/C=C/C)c(Cl)c3F)cc2)cc1Cl. The minimum Gasteiger partial charge on any atom is -0.423 e. The molecule has 0 heterocycles. The van der Waals surface area contributed by atoms with Crippen molar-refractivity contribution >= 4 is 29.2 Å². The third-order valence-corrected chi connectivity index (χ3v) is 6.22. The fourth-order valence-electron chi connectivity index (χ4n) is 3.56. The van der Waals surface area contributed by atoms with Gasteiger partial charge < -0.3 is 4.74 Å². The van der Waals surface area contributed by atoms with Crippen molar-refractivity contribution in [2.24, 2.45) is 0 Å². The molecule has 176 valence electrons. The Balaban J connectivity index is 1.70. The molecule has 0 aromatic heterocycles. The van der Waals surface area contributed by atoms with Crippen molar-refractivity contribution in [1.82, 2.24) is 0 Å². The van der Waals surface area contributed by atoms with E-state index in [1.165, 1.54) is 0 Å². The first-order valence-corrected chi connectivity index (χ1v) is 12.0. The molecule has 0 spiro atoms. The molecule has 3 aromatic rings. The van der Waals surface area contributed by atoms with Crippen LogP contribution in [0.2, 0.25) is 10.0 Å². The molecule has 5 heteroatoms. The second kappa shape index (κ2) is 12.5. The number of hydrogen-bond acceptors (Lipinski definition) is 2. The number of ether oxygens (including phenoxy) is 1. The third-order valence-electron chi connectivity index (χ3n) is 5.46. The Morgan fingerprint density at radius 1 is 0.882 bits per heavy atom. The Bertz CT molecular complexity index is 1200. The molecular weight excluding hydrogens is 470 g/mol. The van der Waals surface area contributed by atoms with E-state index in [9.17, 15) is 9.18 Å². The van der Waals surface area contributed by atoms with Gasteiger partial charge >= 0.3 is 5.97 Å². The van der Waals surface area contributed by atoms with E-state index < -0.39 is 11.8 Å². The Morgan fingerprint density at radius 2 is 1.50 bits per heavy atom. The predicted molar refractivity (Wildman–Crippen MR) is 140 cm³/mol. The number of halogens is 3. The van der Waals surface area contributed by atoms with Crippen LogP contribution in [-0.2, 0) is 12.8 Å². The topological polar surface area (TPSA) is 26.3 Å². The highest BCUT2D eigenvalue weighted by atomic mass is 35.5. The smallest absolute Gasteiger partial charge is 0.343 e. The van der Waals surface area contributed by atoms with Crippen molar-refractivity contribution in [1.29, 1.82) is 0 Å². The zero-order valence-electron chi connectivity index (χ0n) is 19.3. The highest BCUT2D eigenvalue weighted by Gasteiger charge is 2.14. The van der Waals surface area contributed by atoms with Gasteiger partial charge in [-0.25, -0.2) is 9.18 Å². The van der Waals surface area contributed by atoms with Crippen LogP contribution in [0.5, 0.6) is 5.75 Å². The van der Waals surface area contributed by atoms with Crippen LogP contribution in [0.1, 0.15) is 48.2 Å². The molecule has 0 fully saturated rings. The highest BCUT2D eigenvalue weighted by Crippen LogP contribution is 2.32. The maximum atomic E-state index is 14.9. The number of carbonyl (C=O) groups excluding carboxylic acids is 1. The first-order valence-electron chi connectivity index (χ1n) is 11.2. The minimum absolute atomic E-state index is 0.142. The molecule has 0 aliphatic heterocycles. The van der Waals surface area contributed by atoms with Crippen LogP contribution in [0.4, 0.5) is 4.39 Å². The van der Waals surface area contributed by atoms with Gasteiger partial charge in [-0.1, -0.05) is 77.8 Å². The lowest BCUT2D eigenvalue weighted by atomic mass is 10.0. The summed E-state index contributed by atoms with van der Waals surface area (Å²) in [6.45, 7) is 3.92. The summed E-state index contributed by atoms with van der Waals surface area (Å²) in [6, 6.07) is 15.4. The van der Waals surface area contributed by atoms with E-state index in [0.29, 0.717) is 33.9 Å². The van der Waals surface area contributed by atoms with Gasteiger partial charge in [0.15, 0.2) is 0 Å². The summed E-state index contributed by atoms with van der Waals surface area (Å²) in [7, 11) is 0. The molecule has 0 saturated heterocycles. The summed E-state index contributed by atoms with van der Waals surface area (Å²) in [4.78, 5) is 12.6. The Kier molecular flexibility index (Phi) is 9.50. The molecule has 2 nitrogen and oxygen atoms in total. The van der Waals surface area contributed by atoms with Crippen molar-refractivity contribution in [3.8, 4) is 16.9 Å². The van der Waals surface area contributed by atoms with Crippen LogP contribution in [0, 0.1) is 5.82 Å². The first-order chi connectivity index (χ1) is 16.4. The normalized spacial score (nSPS) is 11.4. The number of esters is 1. The molecule has 0 aliphatic rings. The molecule has 0 aliphatic carbocycles. The van der Waals surface area contributed by atoms with Crippen molar-refractivity contribution in [3.63, 3.8) is 0 Å². The van der Waals surface area contributed by atoms with E-state index in [4.69, 9.17) is 27.9 Å². The van der Waals surface area contributed by atoms with Crippen molar-refractivity contribution < 1.29 is 13.9 Å². The van der Waals surface area contributed by atoms with Gasteiger partial charge in [0.05, 0.1) is 10.6 Å². The summed E-state index contributed by atoms with van der Waals surface area (Å²) < 4.78 is 20.4. The van der Waals surface area contributed by atoms with Gasteiger partial charge in [-0.2, -0.15) is 0 Å². The summed E-state index contributed by atoms with van der Waals surface area (Å²) in [5, 5.41) is 0.680. The van der Waals surface area contributed by atoms with E-state index in [1.807, 2.05) is 44.2 Å². The molecule has 0 amide bonds. The maximum Gasteiger partial charge on any atom is 0.343 e. The lowest BCUT2D eigenvalue weighted by Crippen LogP contribution is -2.08. The maximum absolute atomic E-state index is 14.9. The predicted octanol–water partition coefficient (Wildman–Crippen LogP) is 9.04. The van der Waals surface area contributed by atoms with Crippen molar-refractivity contribution in [3.05, 3.63) is 111 Å². The molecule has 0 radical (unpaired) electrons. The van der Waals surface area contributed by atoms with E-state index >= 15 is 0 Å². The van der Waals surface area contributed by atoms with Gasteiger partial charge in [0.1, 0.15) is 11.6 Å². The van der Waals surface area contributed by atoms with E-state index in [-0.39, 0.29) is 5.02 Å². The molecule has 0 bridgehead atoms. The second-order valence-electron chi connectivity index (χ2n) is 7.84. The van der Waals surface area contributed by atoms with E-state index in [1.54, 1.807) is 42.5 Å². The molecule has 34 heavy (non-hydrogen) atoms. The minimum atomic E-state index is -0.505. The molecular formula is C29H27Cl2FO2. The van der Waals surface area contributed by atoms with Gasteiger partial charge in [0, 0.05) is 10.6 Å². The van der Waals surface area contributed by atoms with Gasteiger partial charge in [0.25, 0.3) is 0 Å². The van der Waals surface area contributed by atoms with Gasteiger partial charge in [0.2, 0.25) is 0 Å². The van der Waals surface area contributed by atoms with Crippen LogP contribution in [0.3, 0.4) is 0 Å². The molecule has 3 aromatic carbocycles. The molecule has 0 unspecified atom stereocenters. The zero-order valence-corrected chi connectivity index (χ0v) is 20.8. The average Bonchev–Trinajstić information content (AvgIpc) is 2.84. The van der Waals surface area contributed by atoms with Crippen LogP contribution >= 0.6 is 23.2 Å². The van der Waals surface area contributed by atoms with Gasteiger partial charge in [-0.15, -0.1) is 0 Å². The summed E-state index contributed by atoms with van der Waals surface area (Å²) in [5.74, 6) is -0.598. The Morgan fingerprint density at radius 3 is 2.12 bits per heavy atom.